The van der Waals surface area contributed by atoms with Crippen LogP contribution in [0.15, 0.2) is 63.3 Å². The molecule has 0 aliphatic carbocycles. The average Bonchev–Trinajstić information content (AvgIpc) is 3.00. The lowest BCUT2D eigenvalue weighted by Crippen LogP contribution is -2.47. The zero-order valence-corrected chi connectivity index (χ0v) is 22.4. The Labute approximate surface area is 236 Å². The molecule has 0 aliphatic rings. The highest BCUT2D eigenvalue weighted by atomic mass is 16.6. The molecule has 0 heterocycles. The van der Waals surface area contributed by atoms with Crippen molar-refractivity contribution in [1.82, 2.24) is 0 Å². The van der Waals surface area contributed by atoms with Gasteiger partial charge in [0.25, 0.3) is 0 Å². The van der Waals surface area contributed by atoms with E-state index in [2.05, 4.69) is 32.9 Å². The Morgan fingerprint density at radius 3 is 0.829 bits per heavy atom. The lowest BCUT2D eigenvalue weighted by atomic mass is 9.90. The smallest absolute Gasteiger partial charge is 0.371 e. The Hall–Kier alpha value is -4.85. The topological polar surface area (TPSA) is 184 Å². The van der Waals surface area contributed by atoms with Gasteiger partial charge in [0.1, 0.15) is 39.6 Å². The van der Waals surface area contributed by atoms with Gasteiger partial charge in [-0.25, -0.2) is 28.8 Å². The second kappa shape index (κ2) is 19.2. The van der Waals surface area contributed by atoms with E-state index >= 15 is 0 Å². The van der Waals surface area contributed by atoms with Gasteiger partial charge in [-0.3, -0.25) is 4.79 Å². The minimum Gasteiger partial charge on any atom is -0.462 e. The third-order valence-electron chi connectivity index (χ3n) is 4.87. The minimum absolute atomic E-state index is 0.113. The number of rotatable bonds is 22. The van der Waals surface area contributed by atoms with Crippen LogP contribution in [0.1, 0.15) is 0 Å². The fourth-order valence-electron chi connectivity index (χ4n) is 2.66. The van der Waals surface area contributed by atoms with Crippen molar-refractivity contribution in [3.8, 4) is 0 Å². The average molecular weight is 581 g/mol. The van der Waals surface area contributed by atoms with Gasteiger partial charge >= 0.3 is 35.8 Å². The summed E-state index contributed by atoms with van der Waals surface area (Å²) in [6.45, 7) is 12.1. The zero-order valence-electron chi connectivity index (χ0n) is 22.4. The summed E-state index contributed by atoms with van der Waals surface area (Å²) in [5, 5.41) is 0. The molecule has 0 fully saturated rings. The molecule has 41 heavy (non-hydrogen) atoms. The highest BCUT2D eigenvalue weighted by Gasteiger charge is 2.40. The maximum Gasteiger partial charge on any atom is 0.371 e. The molecule has 14 heteroatoms. The van der Waals surface area contributed by atoms with E-state index in [9.17, 15) is 33.6 Å². The first-order valence-electron chi connectivity index (χ1n) is 11.6. The van der Waals surface area contributed by atoms with E-state index in [0.29, 0.717) is 0 Å². The summed E-state index contributed by atoms with van der Waals surface area (Å²) in [6.07, 6.45) is 4.18. The van der Waals surface area contributed by atoms with Crippen molar-refractivity contribution in [2.45, 2.75) is 0 Å². The molecule has 0 aliphatic heterocycles. The molecule has 0 saturated carbocycles. The van der Waals surface area contributed by atoms with Crippen LogP contribution in [0.25, 0.3) is 0 Å². The van der Waals surface area contributed by atoms with Gasteiger partial charge in [-0.05, 0) is 0 Å². The second-order valence-electron chi connectivity index (χ2n) is 8.28. The van der Waals surface area contributed by atoms with Crippen LogP contribution in [0, 0.1) is 10.8 Å². The van der Waals surface area contributed by atoms with Crippen molar-refractivity contribution in [3.05, 3.63) is 63.3 Å². The molecule has 0 atom stereocenters. The molecule has 0 unspecified atom stereocenters. The predicted molar refractivity (Wildman–Crippen MR) is 138 cm³/mol. The predicted octanol–water partition coefficient (Wildman–Crippen LogP) is 0.364. The number of carbonyl (C=O) groups excluding carboxylic acids is 7. The normalized spacial score (nSPS) is 10.5. The molecule has 0 aromatic carbocycles. The van der Waals surface area contributed by atoms with Gasteiger partial charge in [0.05, 0.1) is 24.0 Å². The quantitative estimate of drug-likeness (QED) is 0.0562. The Kier molecular flexibility index (Phi) is 17.0. The van der Waals surface area contributed by atoms with Crippen LogP contribution in [0.4, 0.5) is 0 Å². The van der Waals surface area contributed by atoms with Gasteiger partial charge in [0.15, 0.2) is 0 Å². The Balaban J connectivity index is 6.30. The summed E-state index contributed by atoms with van der Waals surface area (Å²) in [4.78, 5) is 81.3. The van der Waals surface area contributed by atoms with Gasteiger partial charge in [-0.2, -0.15) is 0 Å². The van der Waals surface area contributed by atoms with E-state index < -0.39 is 99.5 Å². The second-order valence-corrected chi connectivity index (χ2v) is 8.28. The van der Waals surface area contributed by atoms with Gasteiger partial charge in [0.2, 0.25) is 6.29 Å². The third-order valence-corrected chi connectivity index (χ3v) is 4.87. The summed E-state index contributed by atoms with van der Waals surface area (Å²) in [7, 11) is 0. The minimum atomic E-state index is -1.60. The fourth-order valence-corrected chi connectivity index (χ4v) is 2.66. The third kappa shape index (κ3) is 14.8. The molecule has 0 aromatic rings. The zero-order chi connectivity index (χ0) is 31.3. The van der Waals surface area contributed by atoms with E-state index in [-0.39, 0.29) is 6.29 Å². The summed E-state index contributed by atoms with van der Waals surface area (Å²) >= 11 is 0. The van der Waals surface area contributed by atoms with Crippen molar-refractivity contribution in [3.63, 3.8) is 0 Å². The van der Waals surface area contributed by atoms with E-state index in [0.717, 1.165) is 30.4 Å². The first kappa shape index (κ1) is 36.1. The van der Waals surface area contributed by atoms with E-state index in [1.807, 2.05) is 0 Å². The van der Waals surface area contributed by atoms with E-state index in [1.54, 1.807) is 0 Å². The lowest BCUT2D eigenvalue weighted by molar-refractivity contribution is -0.171. The number of carbonyl (C=O) groups is 7. The number of hydrogen-bond donors (Lipinski definition) is 0. The van der Waals surface area contributed by atoms with Gasteiger partial charge in [-0.1, -0.05) is 32.9 Å². The standard InChI is InChI=1S/C27H32O14/c1-6-20(29)36-14-26(15-37-21(30)7-2,16-38-22(31)8-3)12-35-13-27(17-39-23(32)9-4,18-40-24(33)10-5)19-41-25(34)11-28/h6-11H,1-5,12-19H2. The highest BCUT2D eigenvalue weighted by molar-refractivity contribution is 6.20. The molecular weight excluding hydrogens is 548 g/mol. The van der Waals surface area contributed by atoms with Crippen LogP contribution < -0.4 is 0 Å². The van der Waals surface area contributed by atoms with Gasteiger partial charge < -0.3 is 33.2 Å². The number of esters is 6. The number of aldehydes is 1. The summed E-state index contributed by atoms with van der Waals surface area (Å²) in [5.41, 5.74) is -3.13. The van der Waals surface area contributed by atoms with Gasteiger partial charge in [0, 0.05) is 30.4 Å². The SMILES string of the molecule is C=CC(=O)OCC(COCC(COC(=O)C=C)(COC(=O)C=C)COC(=O)C=O)(COC(=O)C=C)COC(=O)C=C. The Morgan fingerprint density at radius 2 is 0.634 bits per heavy atom. The van der Waals surface area contributed by atoms with Crippen LogP contribution >= 0.6 is 0 Å². The molecule has 0 aromatic heterocycles. The molecule has 0 N–H and O–H groups in total. The lowest BCUT2D eigenvalue weighted by Gasteiger charge is -2.35. The van der Waals surface area contributed by atoms with Crippen LogP contribution in [-0.2, 0) is 66.7 Å². The number of hydrogen-bond acceptors (Lipinski definition) is 14. The molecule has 0 bridgehead atoms. The number of ether oxygens (including phenoxy) is 7. The summed E-state index contributed by atoms with van der Waals surface area (Å²) in [5.74, 6) is -5.63. The van der Waals surface area contributed by atoms with Crippen LogP contribution in [0.5, 0.6) is 0 Å². The first-order valence-corrected chi connectivity index (χ1v) is 11.6. The van der Waals surface area contributed by atoms with Crippen LogP contribution in [-0.4, -0.2) is 95.0 Å². The highest BCUT2D eigenvalue weighted by Crippen LogP contribution is 2.26. The molecule has 0 saturated heterocycles. The summed E-state index contributed by atoms with van der Waals surface area (Å²) < 4.78 is 36.2. The monoisotopic (exact) mass is 580 g/mol. The van der Waals surface area contributed by atoms with Crippen molar-refractivity contribution < 1.29 is 66.7 Å². The molecule has 224 valence electrons. The Morgan fingerprint density at radius 1 is 0.415 bits per heavy atom. The van der Waals surface area contributed by atoms with Crippen molar-refractivity contribution in [1.29, 1.82) is 0 Å². The van der Waals surface area contributed by atoms with Crippen molar-refractivity contribution in [2.75, 3.05) is 52.9 Å². The maximum absolute atomic E-state index is 11.8. The largest absolute Gasteiger partial charge is 0.462 e. The van der Waals surface area contributed by atoms with Crippen LogP contribution in [0.3, 0.4) is 0 Å². The molecule has 0 amide bonds. The fraction of sp³-hybridized carbons (Fsp3) is 0.370. The van der Waals surface area contributed by atoms with E-state index in [1.165, 1.54) is 0 Å². The first-order chi connectivity index (χ1) is 19.4. The molecule has 0 rings (SSSR count). The maximum atomic E-state index is 11.8. The molecular formula is C27H32O14. The molecule has 0 spiro atoms. The Bertz CT molecular complexity index is 825. The van der Waals surface area contributed by atoms with Crippen molar-refractivity contribution >= 4 is 42.1 Å². The molecule has 14 nitrogen and oxygen atoms in total. The van der Waals surface area contributed by atoms with Crippen LogP contribution in [0.2, 0.25) is 0 Å². The van der Waals surface area contributed by atoms with E-state index in [4.69, 9.17) is 33.2 Å². The van der Waals surface area contributed by atoms with Crippen molar-refractivity contribution in [2.24, 2.45) is 10.8 Å². The summed E-state index contributed by atoms with van der Waals surface area (Å²) in [6, 6.07) is 0. The molecule has 0 radical (unpaired) electrons. The van der Waals surface area contributed by atoms with Gasteiger partial charge in [-0.15, -0.1) is 0 Å².